The van der Waals surface area contributed by atoms with E-state index in [1.54, 1.807) is 8.86 Å². The summed E-state index contributed by atoms with van der Waals surface area (Å²) in [7, 11) is 0. The van der Waals surface area contributed by atoms with Gasteiger partial charge in [0.05, 0.1) is 0 Å². The summed E-state index contributed by atoms with van der Waals surface area (Å²) in [5.41, 5.74) is 0. The zero-order valence-electron chi connectivity index (χ0n) is 4.16. The maximum absolute atomic E-state index is 2.57. The molecule has 2 heteroatoms. The second kappa shape index (κ2) is 3.48. The standard InChI is InChI=1S/C5H9I2/c6-5-1-3-7-4-2-5/h5H,1-4H2/q-1. The summed E-state index contributed by atoms with van der Waals surface area (Å²) >= 11 is 3.26. The third-order valence-corrected chi connectivity index (χ3v) is 5.13. The van der Waals surface area contributed by atoms with Gasteiger partial charge in [-0.3, -0.25) is 0 Å². The Bertz CT molecular complexity index is 48.0. The first-order valence-electron chi connectivity index (χ1n) is 2.57. The molecule has 1 saturated heterocycles. The van der Waals surface area contributed by atoms with E-state index >= 15 is 0 Å². The van der Waals surface area contributed by atoms with Crippen LogP contribution in [-0.4, -0.2) is 12.8 Å². The first-order valence-corrected chi connectivity index (χ1v) is 6.87. The van der Waals surface area contributed by atoms with Gasteiger partial charge in [-0.15, -0.1) is 0 Å². The van der Waals surface area contributed by atoms with Crippen molar-refractivity contribution in [2.45, 2.75) is 16.8 Å². The predicted octanol–water partition coefficient (Wildman–Crippen LogP) is -1.33. The van der Waals surface area contributed by atoms with Gasteiger partial charge in [0.25, 0.3) is 0 Å². The van der Waals surface area contributed by atoms with Gasteiger partial charge in [0, 0.05) is 0 Å². The molecule has 1 fully saturated rings. The average Bonchev–Trinajstić information content (AvgIpc) is 1.69. The molecule has 0 amide bonds. The molecule has 44 valence electrons. The summed E-state index contributed by atoms with van der Waals surface area (Å²) in [4.78, 5) is 0. The third kappa shape index (κ3) is 2.49. The van der Waals surface area contributed by atoms with Crippen LogP contribution in [0.3, 0.4) is 0 Å². The zero-order valence-corrected chi connectivity index (χ0v) is 8.48. The van der Waals surface area contributed by atoms with Crippen LogP contribution in [0.5, 0.6) is 0 Å². The van der Waals surface area contributed by atoms with E-state index in [9.17, 15) is 0 Å². The molecule has 0 spiro atoms. The van der Waals surface area contributed by atoms with E-state index in [0.29, 0.717) is 21.2 Å². The number of hydrogen-bond donors (Lipinski definition) is 0. The number of hydrogen-bond acceptors (Lipinski definition) is 0. The summed E-state index contributed by atoms with van der Waals surface area (Å²) in [5.74, 6) is 0. The van der Waals surface area contributed by atoms with Gasteiger partial charge in [-0.05, 0) is 0 Å². The van der Waals surface area contributed by atoms with Crippen LogP contribution in [0, 0.1) is 0 Å². The average molecular weight is 323 g/mol. The van der Waals surface area contributed by atoms with E-state index in [1.807, 2.05) is 0 Å². The molecule has 0 aliphatic carbocycles. The minimum atomic E-state index is 0.683. The molecule has 0 aromatic heterocycles. The molecule has 0 saturated carbocycles. The Morgan fingerprint density at radius 3 is 2.14 bits per heavy atom. The van der Waals surface area contributed by atoms with Crippen molar-refractivity contribution in [2.75, 3.05) is 8.86 Å². The van der Waals surface area contributed by atoms with Crippen molar-refractivity contribution in [3.8, 4) is 0 Å². The zero-order chi connectivity index (χ0) is 5.11. The fourth-order valence-corrected chi connectivity index (χ4v) is 6.56. The van der Waals surface area contributed by atoms with Gasteiger partial charge in [0.2, 0.25) is 0 Å². The van der Waals surface area contributed by atoms with E-state index in [-0.39, 0.29) is 0 Å². The molecule has 1 aliphatic heterocycles. The van der Waals surface area contributed by atoms with Crippen molar-refractivity contribution in [1.82, 2.24) is 0 Å². The molecule has 0 N–H and O–H groups in total. The quantitative estimate of drug-likeness (QED) is 0.383. The van der Waals surface area contributed by atoms with Crippen LogP contribution >= 0.6 is 22.6 Å². The van der Waals surface area contributed by atoms with Crippen molar-refractivity contribution in [3.63, 3.8) is 0 Å². The van der Waals surface area contributed by atoms with Crippen molar-refractivity contribution in [3.05, 3.63) is 0 Å². The van der Waals surface area contributed by atoms with Crippen LogP contribution in [-0.2, 0) is 0 Å². The Morgan fingerprint density at radius 1 is 1.29 bits per heavy atom. The number of rotatable bonds is 0. The van der Waals surface area contributed by atoms with Gasteiger partial charge in [-0.2, -0.15) is 0 Å². The fourth-order valence-electron chi connectivity index (χ4n) is 0.630. The van der Waals surface area contributed by atoms with Crippen LogP contribution in [0.25, 0.3) is 0 Å². The summed E-state index contributed by atoms with van der Waals surface area (Å²) in [6.07, 6.45) is 3.04. The van der Waals surface area contributed by atoms with E-state index in [0.717, 1.165) is 3.92 Å². The van der Waals surface area contributed by atoms with Gasteiger partial charge in [0.1, 0.15) is 0 Å². The summed E-state index contributed by atoms with van der Waals surface area (Å²) < 4.78 is 4.21. The molecule has 1 heterocycles. The summed E-state index contributed by atoms with van der Waals surface area (Å²) in [6, 6.07) is 0. The molecule has 1 aliphatic rings. The molecule has 1 rings (SSSR count). The molecular weight excluding hydrogens is 314 g/mol. The molecule has 0 radical (unpaired) electrons. The Hall–Kier alpha value is 1.46. The first-order chi connectivity index (χ1) is 3.39. The van der Waals surface area contributed by atoms with Crippen LogP contribution in [0.2, 0.25) is 0 Å². The molecule has 0 unspecified atom stereocenters. The summed E-state index contributed by atoms with van der Waals surface area (Å²) in [6.45, 7) is 0. The third-order valence-electron chi connectivity index (χ3n) is 1.11. The van der Waals surface area contributed by atoms with Crippen LogP contribution in [0.15, 0.2) is 0 Å². The second-order valence-electron chi connectivity index (χ2n) is 1.74. The SMILES string of the molecule is IC1CC[I-]CC1. The fraction of sp³-hybridized carbons (Fsp3) is 1.00. The van der Waals surface area contributed by atoms with Gasteiger partial charge < -0.3 is 0 Å². The number of halogens is 2. The van der Waals surface area contributed by atoms with Gasteiger partial charge in [-0.25, -0.2) is 0 Å². The molecule has 0 nitrogen and oxygen atoms in total. The van der Waals surface area contributed by atoms with Gasteiger partial charge in [0.15, 0.2) is 0 Å². The molecule has 7 heavy (non-hydrogen) atoms. The Morgan fingerprint density at radius 2 is 1.86 bits per heavy atom. The monoisotopic (exact) mass is 323 g/mol. The topological polar surface area (TPSA) is 0 Å². The van der Waals surface area contributed by atoms with Gasteiger partial charge >= 0.3 is 69.4 Å². The number of alkyl halides is 3. The van der Waals surface area contributed by atoms with Crippen LogP contribution in [0.4, 0.5) is 0 Å². The molecule has 0 bridgehead atoms. The molecule has 0 atom stereocenters. The van der Waals surface area contributed by atoms with Crippen LogP contribution < -0.4 is 21.2 Å². The second-order valence-corrected chi connectivity index (χ2v) is 6.74. The Kier molecular flexibility index (Phi) is 3.27. The molecule has 0 aromatic carbocycles. The summed E-state index contributed by atoms with van der Waals surface area (Å²) in [5, 5.41) is 0. The van der Waals surface area contributed by atoms with Crippen molar-refractivity contribution in [2.24, 2.45) is 0 Å². The Balaban J connectivity index is 2.12. The van der Waals surface area contributed by atoms with E-state index in [1.165, 1.54) is 12.8 Å². The molecular formula is C5H9I2-. The minimum absolute atomic E-state index is 0.683. The predicted molar refractivity (Wildman–Crippen MR) is 36.8 cm³/mol. The molecule has 0 aromatic rings. The normalized spacial score (nSPS) is 26.4. The van der Waals surface area contributed by atoms with Crippen molar-refractivity contribution >= 4 is 22.6 Å². The van der Waals surface area contributed by atoms with Crippen molar-refractivity contribution < 1.29 is 21.2 Å². The van der Waals surface area contributed by atoms with E-state index in [2.05, 4.69) is 22.6 Å². The van der Waals surface area contributed by atoms with E-state index in [4.69, 9.17) is 0 Å². The van der Waals surface area contributed by atoms with Gasteiger partial charge in [-0.1, -0.05) is 0 Å². The first kappa shape index (κ1) is 6.58. The maximum atomic E-state index is 2.57. The van der Waals surface area contributed by atoms with Crippen LogP contribution in [0.1, 0.15) is 12.8 Å². The van der Waals surface area contributed by atoms with Crippen molar-refractivity contribution in [1.29, 1.82) is 0 Å². The Labute approximate surface area is 68.8 Å². The van der Waals surface area contributed by atoms with E-state index < -0.39 is 0 Å².